The van der Waals surface area contributed by atoms with Crippen molar-refractivity contribution >= 4 is 34.7 Å². The summed E-state index contributed by atoms with van der Waals surface area (Å²) in [6.07, 6.45) is 0. The van der Waals surface area contributed by atoms with Crippen molar-refractivity contribution in [2.24, 2.45) is 0 Å². The van der Waals surface area contributed by atoms with E-state index in [9.17, 15) is 4.79 Å². The number of rotatable bonds is 1. The van der Waals surface area contributed by atoms with E-state index in [4.69, 9.17) is 23.8 Å². The Morgan fingerprint density at radius 2 is 1.92 bits per heavy atom. The van der Waals surface area contributed by atoms with Crippen molar-refractivity contribution in [3.63, 3.8) is 0 Å². The molecular weight excluding hydrogens is 206 g/mol. The minimum atomic E-state index is -0.101. The predicted octanol–water partition coefficient (Wildman–Crippen LogP) is 2.01. The fourth-order valence-electron chi connectivity index (χ4n) is 1.35. The van der Waals surface area contributed by atoms with Crippen LogP contribution in [0.25, 0.3) is 0 Å². The molecule has 0 aromatic heterocycles. The number of alkyl halides is 1. The number of hydrogen-bond acceptors (Lipinski definition) is 2. The summed E-state index contributed by atoms with van der Waals surface area (Å²) in [6, 6.07) is 7.39. The number of nitrogens with zero attached hydrogens (tertiary/aromatic N) is 1. The maximum Gasteiger partial charge on any atom is 0.260 e. The Bertz CT molecular complexity index is 356. The van der Waals surface area contributed by atoms with Crippen LogP contribution in [0, 0.1) is 0 Å². The zero-order valence-electron chi connectivity index (χ0n) is 6.66. The summed E-state index contributed by atoms with van der Waals surface area (Å²) >= 11 is 10.7. The minimum absolute atomic E-state index is 0.101. The summed E-state index contributed by atoms with van der Waals surface area (Å²) < 4.78 is 0. The first-order chi connectivity index (χ1) is 6.25. The van der Waals surface area contributed by atoms with Crippen molar-refractivity contribution in [3.05, 3.63) is 35.4 Å². The molecule has 1 aromatic rings. The van der Waals surface area contributed by atoms with Gasteiger partial charge < -0.3 is 0 Å². The third-order valence-electron chi connectivity index (χ3n) is 2.00. The molecule has 2 rings (SSSR count). The lowest BCUT2D eigenvalue weighted by Gasteiger charge is -2.10. The van der Waals surface area contributed by atoms with Crippen LogP contribution in [-0.4, -0.2) is 21.8 Å². The Balaban J connectivity index is 2.57. The predicted molar refractivity (Wildman–Crippen MR) is 55.0 cm³/mol. The van der Waals surface area contributed by atoms with Crippen LogP contribution in [0.5, 0.6) is 0 Å². The van der Waals surface area contributed by atoms with E-state index in [1.807, 2.05) is 18.2 Å². The van der Waals surface area contributed by atoms with E-state index in [1.165, 1.54) is 4.90 Å². The normalized spacial score (nSPS) is 15.0. The van der Waals surface area contributed by atoms with Crippen LogP contribution in [0.2, 0.25) is 0 Å². The van der Waals surface area contributed by atoms with E-state index in [1.54, 1.807) is 6.07 Å². The van der Waals surface area contributed by atoms with Crippen LogP contribution in [0.15, 0.2) is 24.3 Å². The number of thiocarbonyl (C=S) groups is 1. The Morgan fingerprint density at radius 1 is 1.31 bits per heavy atom. The van der Waals surface area contributed by atoms with Gasteiger partial charge in [0.2, 0.25) is 0 Å². The SMILES string of the molecule is O=C1c2ccccc2C(=S)N1CCl. The Morgan fingerprint density at radius 3 is 2.46 bits per heavy atom. The summed E-state index contributed by atoms with van der Waals surface area (Å²) in [5.74, 6) is -0.101. The standard InChI is InChI=1S/C9H6ClNOS/c10-5-11-8(12)6-3-1-2-4-7(6)9(11)13/h1-4H,5H2. The summed E-state index contributed by atoms with van der Waals surface area (Å²) in [5.41, 5.74) is 1.45. The van der Waals surface area contributed by atoms with Crippen molar-refractivity contribution in [2.75, 3.05) is 6.00 Å². The molecule has 0 radical (unpaired) electrons. The summed E-state index contributed by atoms with van der Waals surface area (Å²) in [6.45, 7) is 0. The van der Waals surface area contributed by atoms with Gasteiger partial charge in [-0.25, -0.2) is 0 Å². The van der Waals surface area contributed by atoms with Crippen LogP contribution in [-0.2, 0) is 0 Å². The third kappa shape index (κ3) is 1.16. The molecule has 0 saturated heterocycles. The van der Waals surface area contributed by atoms with E-state index in [2.05, 4.69) is 0 Å². The fourth-order valence-corrected chi connectivity index (χ4v) is 1.97. The molecule has 4 heteroatoms. The number of carbonyl (C=O) groups excluding carboxylic acids is 1. The highest BCUT2D eigenvalue weighted by molar-refractivity contribution is 7.80. The molecule has 2 nitrogen and oxygen atoms in total. The zero-order valence-corrected chi connectivity index (χ0v) is 8.23. The zero-order chi connectivity index (χ0) is 9.42. The van der Waals surface area contributed by atoms with Crippen LogP contribution in [0.3, 0.4) is 0 Å². The van der Waals surface area contributed by atoms with Gasteiger partial charge >= 0.3 is 0 Å². The molecular formula is C9H6ClNOS. The average Bonchev–Trinajstić information content (AvgIpc) is 2.41. The van der Waals surface area contributed by atoms with Crippen LogP contribution in [0.1, 0.15) is 15.9 Å². The van der Waals surface area contributed by atoms with Crippen LogP contribution < -0.4 is 0 Å². The van der Waals surface area contributed by atoms with Crippen molar-refractivity contribution in [1.29, 1.82) is 0 Å². The maximum atomic E-state index is 11.6. The third-order valence-corrected chi connectivity index (χ3v) is 2.68. The molecule has 0 atom stereocenters. The van der Waals surface area contributed by atoms with Gasteiger partial charge in [-0.15, -0.1) is 11.6 Å². The Labute approximate surface area is 86.1 Å². The van der Waals surface area contributed by atoms with E-state index >= 15 is 0 Å². The first-order valence-corrected chi connectivity index (χ1v) is 4.71. The second-order valence-electron chi connectivity index (χ2n) is 2.70. The lowest BCUT2D eigenvalue weighted by Crippen LogP contribution is -2.27. The topological polar surface area (TPSA) is 20.3 Å². The van der Waals surface area contributed by atoms with Gasteiger partial charge in [-0.2, -0.15) is 0 Å². The second kappa shape index (κ2) is 3.09. The van der Waals surface area contributed by atoms with Crippen LogP contribution >= 0.6 is 23.8 Å². The quantitative estimate of drug-likeness (QED) is 0.403. The fraction of sp³-hybridized carbons (Fsp3) is 0.111. The first-order valence-electron chi connectivity index (χ1n) is 3.77. The minimum Gasteiger partial charge on any atom is -0.284 e. The molecule has 1 aliphatic heterocycles. The van der Waals surface area contributed by atoms with Gasteiger partial charge in [-0.3, -0.25) is 9.69 Å². The molecule has 1 heterocycles. The number of fused-ring (bicyclic) bond motifs is 1. The van der Waals surface area contributed by atoms with E-state index < -0.39 is 0 Å². The van der Waals surface area contributed by atoms with Gasteiger partial charge in [-0.05, 0) is 6.07 Å². The monoisotopic (exact) mass is 211 g/mol. The first kappa shape index (κ1) is 8.66. The van der Waals surface area contributed by atoms with E-state index in [0.717, 1.165) is 5.56 Å². The van der Waals surface area contributed by atoms with Gasteiger partial charge in [0.1, 0.15) is 11.0 Å². The lowest BCUT2D eigenvalue weighted by atomic mass is 10.1. The van der Waals surface area contributed by atoms with E-state index in [0.29, 0.717) is 10.6 Å². The van der Waals surface area contributed by atoms with Crippen molar-refractivity contribution in [2.45, 2.75) is 0 Å². The number of carbonyl (C=O) groups is 1. The Kier molecular flexibility index (Phi) is 2.06. The highest BCUT2D eigenvalue weighted by atomic mass is 35.5. The number of halogens is 1. The molecule has 66 valence electrons. The molecule has 1 amide bonds. The molecule has 0 spiro atoms. The summed E-state index contributed by atoms with van der Waals surface area (Å²) in [5, 5.41) is 0. The molecule has 0 unspecified atom stereocenters. The highest BCUT2D eigenvalue weighted by Gasteiger charge is 2.30. The number of amides is 1. The van der Waals surface area contributed by atoms with Crippen molar-refractivity contribution in [1.82, 2.24) is 4.90 Å². The van der Waals surface area contributed by atoms with Gasteiger partial charge in [0.25, 0.3) is 5.91 Å². The van der Waals surface area contributed by atoms with Gasteiger partial charge in [0.05, 0.1) is 5.56 Å². The number of benzene rings is 1. The molecule has 0 bridgehead atoms. The molecule has 0 aliphatic carbocycles. The second-order valence-corrected chi connectivity index (χ2v) is 3.33. The van der Waals surface area contributed by atoms with Gasteiger partial charge in [0.15, 0.2) is 0 Å². The molecule has 1 aromatic carbocycles. The number of hydrogen-bond donors (Lipinski definition) is 0. The van der Waals surface area contributed by atoms with Crippen LogP contribution in [0.4, 0.5) is 0 Å². The molecule has 1 aliphatic rings. The Hall–Kier alpha value is -0.930. The lowest BCUT2D eigenvalue weighted by molar-refractivity contribution is 0.0878. The molecule has 0 saturated carbocycles. The smallest absolute Gasteiger partial charge is 0.260 e. The summed E-state index contributed by atoms with van der Waals surface area (Å²) in [7, 11) is 0. The molecule has 0 fully saturated rings. The maximum absolute atomic E-state index is 11.6. The van der Waals surface area contributed by atoms with Gasteiger partial charge in [0, 0.05) is 5.56 Å². The average molecular weight is 212 g/mol. The van der Waals surface area contributed by atoms with Gasteiger partial charge in [-0.1, -0.05) is 30.4 Å². The van der Waals surface area contributed by atoms with E-state index in [-0.39, 0.29) is 11.9 Å². The summed E-state index contributed by atoms with van der Waals surface area (Å²) in [4.78, 5) is 13.5. The van der Waals surface area contributed by atoms with Crippen molar-refractivity contribution in [3.8, 4) is 0 Å². The molecule has 13 heavy (non-hydrogen) atoms. The highest BCUT2D eigenvalue weighted by Crippen LogP contribution is 2.23. The largest absolute Gasteiger partial charge is 0.284 e. The molecule has 0 N–H and O–H groups in total. The van der Waals surface area contributed by atoms with Crippen molar-refractivity contribution < 1.29 is 4.79 Å².